The van der Waals surface area contributed by atoms with Crippen LogP contribution in [0.2, 0.25) is 0 Å². The first-order valence-corrected chi connectivity index (χ1v) is 6.11. The van der Waals surface area contributed by atoms with Crippen molar-refractivity contribution in [2.45, 2.75) is 37.8 Å². The molecule has 1 amide bonds. The monoisotopic (exact) mass is 236 g/mol. The van der Waals surface area contributed by atoms with E-state index in [2.05, 4.69) is 30.8 Å². The molecule has 2 aliphatic heterocycles. The number of H-pyrrole nitrogens is 1. The van der Waals surface area contributed by atoms with Gasteiger partial charge in [-0.3, -0.25) is 4.79 Å². The zero-order valence-corrected chi connectivity index (χ0v) is 9.59. The van der Waals surface area contributed by atoms with Crippen LogP contribution in [0.3, 0.4) is 0 Å². The summed E-state index contributed by atoms with van der Waals surface area (Å²) in [5.41, 5.74) is 0. The Morgan fingerprint density at radius 2 is 2.35 bits per heavy atom. The van der Waals surface area contributed by atoms with Crippen molar-refractivity contribution < 1.29 is 4.79 Å². The van der Waals surface area contributed by atoms with Crippen molar-refractivity contribution in [3.8, 4) is 0 Å². The van der Waals surface area contributed by atoms with Crippen LogP contribution in [0.4, 0.5) is 0 Å². The van der Waals surface area contributed by atoms with Gasteiger partial charge in [0.15, 0.2) is 0 Å². The molecule has 2 fully saturated rings. The van der Waals surface area contributed by atoms with Crippen LogP contribution in [-0.2, 0) is 0 Å². The maximum atomic E-state index is 11.8. The van der Waals surface area contributed by atoms with E-state index in [0.717, 1.165) is 19.4 Å². The van der Waals surface area contributed by atoms with Crippen LogP contribution in [0.5, 0.6) is 0 Å². The van der Waals surface area contributed by atoms with Crippen LogP contribution < -0.4 is 5.32 Å². The molecule has 0 radical (unpaired) electrons. The Kier molecular flexibility index (Phi) is 2.76. The molecular formula is C10H16N6O. The number of fused-ring (bicyclic) bond motifs is 1. The van der Waals surface area contributed by atoms with Gasteiger partial charge in [0, 0.05) is 18.6 Å². The Bertz CT molecular complexity index is 392. The molecular weight excluding hydrogens is 220 g/mol. The zero-order valence-electron chi connectivity index (χ0n) is 9.59. The summed E-state index contributed by atoms with van der Waals surface area (Å²) in [6.07, 6.45) is 4.61. The summed E-state index contributed by atoms with van der Waals surface area (Å²) in [5.74, 6) is -0.103. The minimum atomic E-state index is -0.227. The van der Waals surface area contributed by atoms with Gasteiger partial charge in [0.25, 0.3) is 11.7 Å². The molecule has 0 aliphatic carbocycles. The van der Waals surface area contributed by atoms with Crippen molar-refractivity contribution in [1.29, 1.82) is 0 Å². The largest absolute Gasteiger partial charge is 0.346 e. The van der Waals surface area contributed by atoms with Crippen LogP contribution in [0.25, 0.3) is 0 Å². The van der Waals surface area contributed by atoms with Gasteiger partial charge in [-0.1, -0.05) is 0 Å². The highest BCUT2D eigenvalue weighted by Crippen LogP contribution is 2.26. The van der Waals surface area contributed by atoms with Gasteiger partial charge in [0.1, 0.15) is 0 Å². The first kappa shape index (κ1) is 10.6. The van der Waals surface area contributed by atoms with Crippen molar-refractivity contribution >= 4 is 5.91 Å². The second-order valence-corrected chi connectivity index (χ2v) is 4.76. The number of piperidine rings is 1. The van der Waals surface area contributed by atoms with Crippen LogP contribution in [-0.4, -0.2) is 56.6 Å². The number of tetrazole rings is 1. The fraction of sp³-hybridized carbons (Fsp3) is 0.800. The second-order valence-electron chi connectivity index (χ2n) is 4.76. The smallest absolute Gasteiger partial charge is 0.293 e. The second kappa shape index (κ2) is 4.40. The van der Waals surface area contributed by atoms with Gasteiger partial charge in [0.05, 0.1) is 0 Å². The molecule has 3 heterocycles. The minimum absolute atomic E-state index is 0.124. The molecule has 2 aliphatic rings. The Balaban J connectivity index is 1.57. The summed E-state index contributed by atoms with van der Waals surface area (Å²) in [4.78, 5) is 14.3. The quantitative estimate of drug-likeness (QED) is 0.726. The predicted molar refractivity (Wildman–Crippen MR) is 59.3 cm³/mol. The highest BCUT2D eigenvalue weighted by atomic mass is 16.2. The molecule has 7 heteroatoms. The van der Waals surface area contributed by atoms with Crippen molar-refractivity contribution in [3.05, 3.63) is 5.82 Å². The van der Waals surface area contributed by atoms with Crippen LogP contribution in [0, 0.1) is 0 Å². The number of carbonyl (C=O) groups excluding carboxylic acids is 1. The van der Waals surface area contributed by atoms with Gasteiger partial charge < -0.3 is 10.2 Å². The Morgan fingerprint density at radius 3 is 3.18 bits per heavy atom. The molecule has 2 atom stereocenters. The van der Waals surface area contributed by atoms with E-state index in [1.165, 1.54) is 19.4 Å². The topological polar surface area (TPSA) is 86.8 Å². The van der Waals surface area contributed by atoms with Crippen molar-refractivity contribution in [3.63, 3.8) is 0 Å². The third kappa shape index (κ3) is 2.14. The normalized spacial score (nSPS) is 28.9. The van der Waals surface area contributed by atoms with Gasteiger partial charge in [-0.2, -0.15) is 5.21 Å². The summed E-state index contributed by atoms with van der Waals surface area (Å²) >= 11 is 0. The summed E-state index contributed by atoms with van der Waals surface area (Å²) in [5, 5.41) is 16.0. The number of hydrogen-bond donors (Lipinski definition) is 2. The Morgan fingerprint density at radius 1 is 1.41 bits per heavy atom. The van der Waals surface area contributed by atoms with Gasteiger partial charge in [-0.15, -0.1) is 10.2 Å². The van der Waals surface area contributed by atoms with E-state index >= 15 is 0 Å². The predicted octanol–water partition coefficient (Wildman–Crippen LogP) is -0.444. The average molecular weight is 236 g/mol. The van der Waals surface area contributed by atoms with Gasteiger partial charge in [-0.05, 0) is 37.4 Å². The summed E-state index contributed by atoms with van der Waals surface area (Å²) in [7, 11) is 0. The van der Waals surface area contributed by atoms with Crippen molar-refractivity contribution in [2.24, 2.45) is 0 Å². The maximum Gasteiger partial charge on any atom is 0.293 e. The summed E-state index contributed by atoms with van der Waals surface area (Å²) < 4.78 is 0. The van der Waals surface area contributed by atoms with Crippen molar-refractivity contribution in [2.75, 3.05) is 13.1 Å². The molecule has 2 N–H and O–H groups in total. The van der Waals surface area contributed by atoms with E-state index in [1.54, 1.807) is 0 Å². The zero-order chi connectivity index (χ0) is 11.7. The maximum absolute atomic E-state index is 11.8. The van der Waals surface area contributed by atoms with Gasteiger partial charge in [-0.25, -0.2) is 0 Å². The summed E-state index contributed by atoms with van der Waals surface area (Å²) in [6, 6.07) is 0.902. The van der Waals surface area contributed by atoms with Crippen LogP contribution in [0.1, 0.15) is 36.3 Å². The van der Waals surface area contributed by atoms with E-state index in [-0.39, 0.29) is 17.8 Å². The number of rotatable bonds is 2. The van der Waals surface area contributed by atoms with E-state index in [0.29, 0.717) is 6.04 Å². The molecule has 0 saturated carbocycles. The fourth-order valence-corrected chi connectivity index (χ4v) is 2.86. The van der Waals surface area contributed by atoms with E-state index < -0.39 is 0 Å². The number of nitrogens with zero attached hydrogens (tertiary/aromatic N) is 4. The third-order valence-corrected chi connectivity index (χ3v) is 3.70. The minimum Gasteiger partial charge on any atom is -0.346 e. The number of carbonyl (C=O) groups is 1. The highest BCUT2D eigenvalue weighted by Gasteiger charge is 2.32. The van der Waals surface area contributed by atoms with E-state index in [4.69, 9.17) is 0 Å². The van der Waals surface area contributed by atoms with Crippen LogP contribution in [0.15, 0.2) is 0 Å². The van der Waals surface area contributed by atoms with E-state index in [1.807, 2.05) is 0 Å². The first-order valence-electron chi connectivity index (χ1n) is 6.11. The molecule has 17 heavy (non-hydrogen) atoms. The molecule has 2 unspecified atom stereocenters. The molecule has 2 saturated heterocycles. The first-order chi connectivity index (χ1) is 8.33. The number of hydrogen-bond acceptors (Lipinski definition) is 5. The molecule has 1 aromatic rings. The molecule has 1 aromatic heterocycles. The Labute approximate surface area is 98.9 Å². The standard InChI is InChI=1S/C10H16N6O/c17-10(9-12-14-15-13-9)11-7-3-5-16-4-1-2-8(16)6-7/h7-8H,1-6H2,(H,11,17)(H,12,13,14,15). The fourth-order valence-electron chi connectivity index (χ4n) is 2.86. The highest BCUT2D eigenvalue weighted by molar-refractivity contribution is 5.90. The number of nitrogens with one attached hydrogen (secondary N) is 2. The summed E-state index contributed by atoms with van der Waals surface area (Å²) in [6.45, 7) is 2.30. The lowest BCUT2D eigenvalue weighted by atomic mass is 9.97. The number of amides is 1. The van der Waals surface area contributed by atoms with Gasteiger partial charge in [0.2, 0.25) is 0 Å². The molecule has 3 rings (SSSR count). The lowest BCUT2D eigenvalue weighted by Gasteiger charge is -2.34. The average Bonchev–Trinajstić information content (AvgIpc) is 2.99. The molecule has 0 bridgehead atoms. The van der Waals surface area contributed by atoms with Crippen molar-refractivity contribution in [1.82, 2.24) is 30.8 Å². The lowest BCUT2D eigenvalue weighted by Crippen LogP contribution is -2.47. The SMILES string of the molecule is O=C(NC1CCN2CCCC2C1)c1nn[nH]n1. The molecule has 0 aromatic carbocycles. The number of aromatic amines is 1. The lowest BCUT2D eigenvalue weighted by molar-refractivity contribution is 0.0886. The van der Waals surface area contributed by atoms with Crippen LogP contribution >= 0.6 is 0 Å². The Hall–Kier alpha value is -1.50. The number of aromatic nitrogens is 4. The van der Waals surface area contributed by atoms with Gasteiger partial charge >= 0.3 is 0 Å². The van der Waals surface area contributed by atoms with E-state index in [9.17, 15) is 4.79 Å². The molecule has 92 valence electrons. The molecule has 0 spiro atoms. The molecule has 7 nitrogen and oxygen atoms in total. The third-order valence-electron chi connectivity index (χ3n) is 3.70.